The van der Waals surface area contributed by atoms with Gasteiger partial charge in [0.25, 0.3) is 0 Å². The van der Waals surface area contributed by atoms with E-state index in [2.05, 4.69) is 11.3 Å². The fraction of sp³-hybridized carbons (Fsp3) is 0.273. The Bertz CT molecular complexity index is 359. The van der Waals surface area contributed by atoms with Gasteiger partial charge in [-0.2, -0.15) is 5.10 Å². The molecule has 0 bridgehead atoms. The molecule has 1 heterocycles. The van der Waals surface area contributed by atoms with Crippen molar-refractivity contribution in [1.29, 1.82) is 0 Å². The Morgan fingerprint density at radius 3 is 2.86 bits per heavy atom. The molecule has 0 aliphatic carbocycles. The minimum absolute atomic E-state index is 0.0358. The summed E-state index contributed by atoms with van der Waals surface area (Å²) in [7, 11) is 0. The van der Waals surface area contributed by atoms with Gasteiger partial charge in [0, 0.05) is 13.3 Å². The monoisotopic (exact) mass is 187 g/mol. The van der Waals surface area contributed by atoms with Gasteiger partial charge in [-0.3, -0.25) is 4.79 Å². The molecule has 2 rings (SSSR count). The molecule has 1 atom stereocenters. The molecule has 1 radical (unpaired) electrons. The summed E-state index contributed by atoms with van der Waals surface area (Å²) >= 11 is 0. The van der Waals surface area contributed by atoms with Crippen molar-refractivity contribution < 1.29 is 4.79 Å². The van der Waals surface area contributed by atoms with Crippen LogP contribution >= 0.6 is 0 Å². The first-order chi connectivity index (χ1) is 6.79. The predicted molar refractivity (Wildman–Crippen MR) is 53.8 cm³/mol. The van der Waals surface area contributed by atoms with Gasteiger partial charge in [-0.25, -0.2) is 5.01 Å². The van der Waals surface area contributed by atoms with Crippen molar-refractivity contribution in [3.05, 3.63) is 35.9 Å². The Kier molecular flexibility index (Phi) is 2.31. The lowest BCUT2D eigenvalue weighted by molar-refractivity contribution is -0.130. The van der Waals surface area contributed by atoms with Gasteiger partial charge in [0.05, 0.1) is 12.3 Å². The lowest BCUT2D eigenvalue weighted by Crippen LogP contribution is -2.24. The number of amides is 1. The number of hydrazone groups is 1. The first-order valence-corrected chi connectivity index (χ1v) is 4.57. The van der Waals surface area contributed by atoms with E-state index < -0.39 is 0 Å². The van der Waals surface area contributed by atoms with Crippen LogP contribution in [0.2, 0.25) is 0 Å². The van der Waals surface area contributed by atoms with E-state index in [1.54, 1.807) is 0 Å². The van der Waals surface area contributed by atoms with E-state index in [1.165, 1.54) is 11.9 Å². The van der Waals surface area contributed by atoms with Crippen LogP contribution in [0.5, 0.6) is 0 Å². The Hall–Kier alpha value is -1.64. The molecule has 0 N–H and O–H groups in total. The van der Waals surface area contributed by atoms with Crippen LogP contribution < -0.4 is 0 Å². The zero-order chi connectivity index (χ0) is 9.97. The molecule has 1 aliphatic rings. The molecule has 1 unspecified atom stereocenters. The van der Waals surface area contributed by atoms with E-state index >= 15 is 0 Å². The van der Waals surface area contributed by atoms with E-state index in [1.807, 2.05) is 30.3 Å². The number of hydrogen-bond acceptors (Lipinski definition) is 2. The largest absolute Gasteiger partial charge is 0.273 e. The minimum Gasteiger partial charge on any atom is -0.273 e. The maximum Gasteiger partial charge on any atom is 0.240 e. The first-order valence-electron chi connectivity index (χ1n) is 4.57. The summed E-state index contributed by atoms with van der Waals surface area (Å²) in [6.45, 7) is 1.52. The number of hydrogen-bond donors (Lipinski definition) is 0. The average Bonchev–Trinajstić information content (AvgIpc) is 2.67. The first kappa shape index (κ1) is 8.94. The molecule has 1 amide bonds. The smallest absolute Gasteiger partial charge is 0.240 e. The number of benzene rings is 1. The van der Waals surface area contributed by atoms with Crippen molar-refractivity contribution in [1.82, 2.24) is 5.01 Å². The van der Waals surface area contributed by atoms with Crippen LogP contribution in [0.15, 0.2) is 35.4 Å². The zero-order valence-corrected chi connectivity index (χ0v) is 7.97. The van der Waals surface area contributed by atoms with Crippen molar-refractivity contribution in [2.75, 3.05) is 0 Å². The number of nitrogens with zero attached hydrogens (tertiary/aromatic N) is 2. The van der Waals surface area contributed by atoms with Crippen LogP contribution in [0.1, 0.15) is 24.9 Å². The molecular formula is C11H11N2O. The van der Waals surface area contributed by atoms with Crippen molar-refractivity contribution in [3.8, 4) is 0 Å². The molecule has 1 aromatic rings. The third-order valence-electron chi connectivity index (χ3n) is 2.27. The van der Waals surface area contributed by atoms with Gasteiger partial charge in [0.1, 0.15) is 0 Å². The second kappa shape index (κ2) is 3.62. The van der Waals surface area contributed by atoms with Gasteiger partial charge < -0.3 is 0 Å². The highest BCUT2D eigenvalue weighted by molar-refractivity contribution is 5.77. The molecule has 0 saturated heterocycles. The quantitative estimate of drug-likeness (QED) is 0.660. The molecule has 1 aliphatic heterocycles. The van der Waals surface area contributed by atoms with E-state index in [0.717, 1.165) is 5.56 Å². The Labute approximate surface area is 83.0 Å². The third kappa shape index (κ3) is 1.53. The van der Waals surface area contributed by atoms with E-state index in [-0.39, 0.29) is 11.9 Å². The Balaban J connectivity index is 2.24. The third-order valence-corrected chi connectivity index (χ3v) is 2.27. The molecule has 0 aromatic heterocycles. The summed E-state index contributed by atoms with van der Waals surface area (Å²) in [4.78, 5) is 11.2. The van der Waals surface area contributed by atoms with E-state index in [9.17, 15) is 4.79 Å². The Morgan fingerprint density at radius 2 is 2.21 bits per heavy atom. The molecular weight excluding hydrogens is 176 g/mol. The highest BCUT2D eigenvalue weighted by Crippen LogP contribution is 2.27. The molecule has 71 valence electrons. The molecule has 14 heavy (non-hydrogen) atoms. The van der Waals surface area contributed by atoms with Crippen LogP contribution in [-0.2, 0) is 4.79 Å². The summed E-state index contributed by atoms with van der Waals surface area (Å²) in [6, 6.07) is 9.93. The van der Waals surface area contributed by atoms with Crippen LogP contribution in [0.4, 0.5) is 0 Å². The highest BCUT2D eigenvalue weighted by Gasteiger charge is 2.25. The topological polar surface area (TPSA) is 32.7 Å². The number of carbonyl (C=O) groups is 1. The van der Waals surface area contributed by atoms with E-state index in [0.29, 0.717) is 6.42 Å². The summed E-state index contributed by atoms with van der Waals surface area (Å²) in [5.41, 5.74) is 1.11. The van der Waals surface area contributed by atoms with Gasteiger partial charge in [-0.1, -0.05) is 30.3 Å². The lowest BCUT2D eigenvalue weighted by Gasteiger charge is -2.20. The van der Waals surface area contributed by atoms with Gasteiger partial charge in [-0.15, -0.1) is 0 Å². The van der Waals surface area contributed by atoms with Crippen molar-refractivity contribution in [2.24, 2.45) is 5.10 Å². The maximum absolute atomic E-state index is 11.2. The second-order valence-electron chi connectivity index (χ2n) is 3.25. The molecule has 0 saturated carbocycles. The van der Waals surface area contributed by atoms with Gasteiger partial charge in [-0.05, 0) is 5.56 Å². The molecule has 3 heteroatoms. The lowest BCUT2D eigenvalue weighted by atomic mass is 10.0. The molecule has 1 aromatic carbocycles. The average molecular weight is 187 g/mol. The maximum atomic E-state index is 11.2. The summed E-state index contributed by atoms with van der Waals surface area (Å²) in [5, 5.41) is 5.41. The second-order valence-corrected chi connectivity index (χ2v) is 3.25. The standard InChI is InChI=1S/C11H11N2O/c1-9(14)13-11(7-8-12-13)10-5-3-2-4-6-10/h2-6,11H,7H2,1H3. The predicted octanol–water partition coefficient (Wildman–Crippen LogP) is 1.84. The molecule has 0 spiro atoms. The van der Waals surface area contributed by atoms with E-state index in [4.69, 9.17) is 0 Å². The Morgan fingerprint density at radius 1 is 1.50 bits per heavy atom. The van der Waals surface area contributed by atoms with Crippen molar-refractivity contribution in [2.45, 2.75) is 19.4 Å². The van der Waals surface area contributed by atoms with Gasteiger partial charge in [0.15, 0.2) is 0 Å². The molecule has 0 fully saturated rings. The normalized spacial score (nSPS) is 20.1. The SMILES string of the molecule is CC(=O)N1N=[C]CC1c1ccccc1. The molecule has 3 nitrogen and oxygen atoms in total. The van der Waals surface area contributed by atoms with Crippen LogP contribution in [0.3, 0.4) is 0 Å². The van der Waals surface area contributed by atoms with Gasteiger partial charge >= 0.3 is 0 Å². The van der Waals surface area contributed by atoms with Crippen LogP contribution in [-0.4, -0.2) is 17.1 Å². The van der Waals surface area contributed by atoms with Crippen molar-refractivity contribution >= 4 is 12.1 Å². The van der Waals surface area contributed by atoms with Crippen LogP contribution in [0, 0.1) is 0 Å². The highest BCUT2D eigenvalue weighted by atomic mass is 16.2. The summed E-state index contributed by atoms with van der Waals surface area (Å²) in [6.07, 6.45) is 3.52. The fourth-order valence-corrected chi connectivity index (χ4v) is 1.58. The number of rotatable bonds is 1. The number of carbonyl (C=O) groups excluding carboxylic acids is 1. The minimum atomic E-state index is -0.0381. The zero-order valence-electron chi connectivity index (χ0n) is 7.97. The summed E-state index contributed by atoms with van der Waals surface area (Å²) in [5.74, 6) is -0.0381. The van der Waals surface area contributed by atoms with Crippen molar-refractivity contribution in [3.63, 3.8) is 0 Å². The van der Waals surface area contributed by atoms with Gasteiger partial charge in [0.2, 0.25) is 5.91 Å². The fourth-order valence-electron chi connectivity index (χ4n) is 1.58. The summed E-state index contributed by atoms with van der Waals surface area (Å²) < 4.78 is 0. The van der Waals surface area contributed by atoms with Crippen LogP contribution in [0.25, 0.3) is 0 Å².